The van der Waals surface area contributed by atoms with Crippen molar-refractivity contribution in [3.63, 3.8) is 0 Å². The lowest BCUT2D eigenvalue weighted by Gasteiger charge is -2.02. The van der Waals surface area contributed by atoms with E-state index in [2.05, 4.69) is 5.10 Å². The molecule has 0 unspecified atom stereocenters. The van der Waals surface area contributed by atoms with E-state index in [4.69, 9.17) is 0 Å². The molecule has 0 bridgehead atoms. The lowest BCUT2D eigenvalue weighted by atomic mass is 10.1. The van der Waals surface area contributed by atoms with Gasteiger partial charge in [0.05, 0.1) is 6.20 Å². The Morgan fingerprint density at radius 1 is 1.43 bits per heavy atom. The van der Waals surface area contributed by atoms with E-state index >= 15 is 0 Å². The van der Waals surface area contributed by atoms with Crippen LogP contribution in [-0.2, 0) is 7.05 Å². The highest BCUT2D eigenvalue weighted by Crippen LogP contribution is 2.43. The van der Waals surface area contributed by atoms with Crippen molar-refractivity contribution in [1.82, 2.24) is 9.78 Å². The minimum atomic E-state index is 0.308. The van der Waals surface area contributed by atoms with Crippen molar-refractivity contribution in [3.05, 3.63) is 17.5 Å². The molecule has 3 nitrogen and oxygen atoms in total. The molecule has 3 heteroatoms. The van der Waals surface area contributed by atoms with E-state index < -0.39 is 0 Å². The van der Waals surface area contributed by atoms with Crippen molar-refractivity contribution in [2.75, 3.05) is 0 Å². The predicted octanol–water partition coefficient (Wildman–Crippen LogP) is 1.89. The van der Waals surface area contributed by atoms with Gasteiger partial charge in [-0.3, -0.25) is 9.48 Å². The molecule has 3 rings (SSSR count). The molecule has 0 saturated heterocycles. The van der Waals surface area contributed by atoms with Gasteiger partial charge in [-0.05, 0) is 31.6 Å². The molecule has 0 aliphatic heterocycles. The summed E-state index contributed by atoms with van der Waals surface area (Å²) in [5.74, 6) is 1.26. The first-order valence-electron chi connectivity index (χ1n) is 5.33. The summed E-state index contributed by atoms with van der Waals surface area (Å²) in [7, 11) is 1.88. The monoisotopic (exact) mass is 190 g/mol. The van der Waals surface area contributed by atoms with E-state index in [0.717, 1.165) is 18.5 Å². The van der Waals surface area contributed by atoms with Crippen LogP contribution in [0.2, 0.25) is 0 Å². The maximum absolute atomic E-state index is 12.0. The fraction of sp³-hybridized carbons (Fsp3) is 0.636. The van der Waals surface area contributed by atoms with Gasteiger partial charge in [-0.2, -0.15) is 5.10 Å². The summed E-state index contributed by atoms with van der Waals surface area (Å²) in [6.45, 7) is 0. The van der Waals surface area contributed by atoms with Crippen LogP contribution in [0.5, 0.6) is 0 Å². The highest BCUT2D eigenvalue weighted by molar-refractivity contribution is 5.99. The smallest absolute Gasteiger partial charge is 0.184 e. The third-order valence-corrected chi connectivity index (χ3v) is 3.17. The number of aryl methyl sites for hydroxylation is 1. The van der Waals surface area contributed by atoms with Crippen LogP contribution in [0.3, 0.4) is 0 Å². The van der Waals surface area contributed by atoms with Crippen molar-refractivity contribution in [2.24, 2.45) is 13.0 Å². The molecule has 0 spiro atoms. The van der Waals surface area contributed by atoms with E-state index in [9.17, 15) is 4.79 Å². The first-order chi connectivity index (χ1) is 6.77. The number of carbonyl (C=O) groups is 1. The Hall–Kier alpha value is -1.12. The number of ketones is 1. The molecule has 14 heavy (non-hydrogen) atoms. The van der Waals surface area contributed by atoms with Crippen LogP contribution in [0.1, 0.15) is 47.7 Å². The zero-order valence-corrected chi connectivity index (χ0v) is 8.36. The second kappa shape index (κ2) is 2.69. The predicted molar refractivity (Wildman–Crippen MR) is 52.2 cm³/mol. The van der Waals surface area contributed by atoms with Crippen molar-refractivity contribution in [3.8, 4) is 0 Å². The zero-order valence-electron chi connectivity index (χ0n) is 8.36. The number of hydrogen-bond donors (Lipinski definition) is 0. The minimum absolute atomic E-state index is 0.308. The summed E-state index contributed by atoms with van der Waals surface area (Å²) in [5.41, 5.74) is 2.08. The molecule has 0 atom stereocenters. The molecule has 0 N–H and O–H groups in total. The van der Waals surface area contributed by atoms with Gasteiger partial charge in [0.2, 0.25) is 0 Å². The molecule has 1 heterocycles. The van der Waals surface area contributed by atoms with Gasteiger partial charge in [-0.15, -0.1) is 0 Å². The molecule has 2 saturated carbocycles. The second-order valence-electron chi connectivity index (χ2n) is 4.48. The summed E-state index contributed by atoms with van der Waals surface area (Å²) in [6.07, 6.45) is 6.50. The third-order valence-electron chi connectivity index (χ3n) is 3.17. The summed E-state index contributed by atoms with van der Waals surface area (Å²) in [5, 5.41) is 4.20. The van der Waals surface area contributed by atoms with Crippen molar-refractivity contribution in [2.45, 2.75) is 31.6 Å². The number of carbonyl (C=O) groups excluding carboxylic acids is 1. The Kier molecular flexibility index (Phi) is 1.58. The molecule has 1 aromatic heterocycles. The van der Waals surface area contributed by atoms with Crippen LogP contribution >= 0.6 is 0 Å². The number of hydrogen-bond acceptors (Lipinski definition) is 2. The highest BCUT2D eigenvalue weighted by atomic mass is 16.1. The normalized spacial score (nSPS) is 21.2. The van der Waals surface area contributed by atoms with Gasteiger partial charge < -0.3 is 0 Å². The van der Waals surface area contributed by atoms with Crippen molar-refractivity contribution in [1.29, 1.82) is 0 Å². The van der Waals surface area contributed by atoms with Crippen molar-refractivity contribution < 1.29 is 4.79 Å². The molecule has 74 valence electrons. The Morgan fingerprint density at radius 2 is 2.14 bits per heavy atom. The van der Waals surface area contributed by atoms with E-state index in [1.165, 1.54) is 18.4 Å². The third kappa shape index (κ3) is 1.19. The minimum Gasteiger partial charge on any atom is -0.292 e. The molecule has 0 aromatic carbocycles. The van der Waals surface area contributed by atoms with Gasteiger partial charge in [0.1, 0.15) is 5.69 Å². The van der Waals surface area contributed by atoms with Crippen LogP contribution in [0, 0.1) is 5.92 Å². The quantitative estimate of drug-likeness (QED) is 0.682. The maximum Gasteiger partial charge on any atom is 0.184 e. The number of rotatable bonds is 3. The molecular formula is C11H14N2O. The van der Waals surface area contributed by atoms with E-state index in [-0.39, 0.29) is 0 Å². The number of nitrogens with zero attached hydrogens (tertiary/aromatic N) is 2. The van der Waals surface area contributed by atoms with Gasteiger partial charge in [0, 0.05) is 18.5 Å². The highest BCUT2D eigenvalue weighted by Gasteiger charge is 2.37. The summed E-state index contributed by atoms with van der Waals surface area (Å²) < 4.78 is 1.76. The summed E-state index contributed by atoms with van der Waals surface area (Å²) >= 11 is 0. The number of aromatic nitrogens is 2. The average Bonchev–Trinajstić information content (AvgIpc) is 3.01. The van der Waals surface area contributed by atoms with Gasteiger partial charge >= 0.3 is 0 Å². The lowest BCUT2D eigenvalue weighted by molar-refractivity contribution is 0.0957. The summed E-state index contributed by atoms with van der Waals surface area (Å²) in [6, 6.07) is 0. The van der Waals surface area contributed by atoms with Crippen LogP contribution in [-0.4, -0.2) is 15.6 Å². The standard InChI is InChI=1S/C11H14N2O/c1-13-10(11(14)8-4-5-8)9(6-12-13)7-2-3-7/h6-8H,2-5H2,1H3. The first-order valence-corrected chi connectivity index (χ1v) is 5.33. The molecule has 2 fully saturated rings. The Bertz CT molecular complexity index is 386. The lowest BCUT2D eigenvalue weighted by Crippen LogP contribution is -2.10. The fourth-order valence-electron chi connectivity index (χ4n) is 1.99. The van der Waals surface area contributed by atoms with Gasteiger partial charge in [0.15, 0.2) is 5.78 Å². The van der Waals surface area contributed by atoms with Crippen LogP contribution < -0.4 is 0 Å². The SMILES string of the molecule is Cn1ncc(C2CC2)c1C(=O)C1CC1. The average molecular weight is 190 g/mol. The second-order valence-corrected chi connectivity index (χ2v) is 4.48. The van der Waals surface area contributed by atoms with E-state index in [1.807, 2.05) is 13.2 Å². The van der Waals surface area contributed by atoms with Gasteiger partial charge in [0.25, 0.3) is 0 Å². The van der Waals surface area contributed by atoms with Crippen LogP contribution in [0.4, 0.5) is 0 Å². The molecule has 2 aliphatic rings. The topological polar surface area (TPSA) is 34.9 Å². The molecule has 2 aliphatic carbocycles. The first kappa shape index (κ1) is 8.21. The van der Waals surface area contributed by atoms with Gasteiger partial charge in [-0.25, -0.2) is 0 Å². The van der Waals surface area contributed by atoms with Crippen LogP contribution in [0.25, 0.3) is 0 Å². The fourth-order valence-corrected chi connectivity index (χ4v) is 1.99. The Balaban J connectivity index is 2.00. The molecule has 1 aromatic rings. The van der Waals surface area contributed by atoms with Gasteiger partial charge in [-0.1, -0.05) is 0 Å². The van der Waals surface area contributed by atoms with E-state index in [1.54, 1.807) is 4.68 Å². The van der Waals surface area contributed by atoms with Crippen molar-refractivity contribution >= 4 is 5.78 Å². The Labute approximate surface area is 83.1 Å². The molecule has 0 amide bonds. The molecular weight excluding hydrogens is 176 g/mol. The van der Waals surface area contributed by atoms with E-state index in [0.29, 0.717) is 17.6 Å². The molecule has 0 radical (unpaired) electrons. The maximum atomic E-state index is 12.0. The largest absolute Gasteiger partial charge is 0.292 e. The Morgan fingerprint density at radius 3 is 2.71 bits per heavy atom. The summed E-state index contributed by atoms with van der Waals surface area (Å²) in [4.78, 5) is 12.0. The van der Waals surface area contributed by atoms with Crippen LogP contribution in [0.15, 0.2) is 6.20 Å². The zero-order chi connectivity index (χ0) is 9.71. The number of Topliss-reactive ketones (excluding diaryl/α,β-unsaturated/α-hetero) is 1.